The van der Waals surface area contributed by atoms with E-state index in [1.54, 1.807) is 0 Å². The van der Waals surface area contributed by atoms with E-state index in [2.05, 4.69) is 43.5 Å². The predicted octanol–water partition coefficient (Wildman–Crippen LogP) is 2.04. The molecule has 0 fully saturated rings. The van der Waals surface area contributed by atoms with Crippen LogP contribution in [0.15, 0.2) is 24.3 Å². The summed E-state index contributed by atoms with van der Waals surface area (Å²) in [6, 6.07) is 8.72. The van der Waals surface area contributed by atoms with Gasteiger partial charge in [0.2, 0.25) is 5.91 Å². The van der Waals surface area contributed by atoms with Gasteiger partial charge in [-0.15, -0.1) is 0 Å². The topological polar surface area (TPSA) is 41.1 Å². The lowest BCUT2D eigenvalue weighted by Crippen LogP contribution is -2.31. The molecule has 0 heterocycles. The molecule has 0 bridgehead atoms. The first kappa shape index (κ1) is 14.7. The summed E-state index contributed by atoms with van der Waals surface area (Å²) in [6.07, 6.45) is 1.45. The average molecular weight is 248 g/mol. The third-order valence-corrected chi connectivity index (χ3v) is 2.88. The maximum absolute atomic E-state index is 11.5. The molecule has 1 aromatic rings. The molecule has 0 atom stereocenters. The van der Waals surface area contributed by atoms with Crippen molar-refractivity contribution in [3.63, 3.8) is 0 Å². The normalized spacial score (nSPS) is 10.7. The second-order valence-electron chi connectivity index (χ2n) is 4.89. The molecule has 2 N–H and O–H groups in total. The van der Waals surface area contributed by atoms with E-state index in [9.17, 15) is 4.79 Å². The van der Waals surface area contributed by atoms with Crippen molar-refractivity contribution in [1.82, 2.24) is 10.6 Å². The Morgan fingerprint density at radius 3 is 2.61 bits per heavy atom. The molecule has 1 aromatic carbocycles. The number of carbonyl (C=O) groups is 1. The molecule has 0 aromatic heterocycles. The standard InChI is InChI=1S/C15H24N2O/c1-12(2)16-11-9-15(18)17-10-8-14-7-5-4-6-13(14)3/h4-7,12,16H,8-11H2,1-3H3,(H,17,18). The smallest absolute Gasteiger partial charge is 0.221 e. The Morgan fingerprint density at radius 2 is 1.94 bits per heavy atom. The first-order valence-electron chi connectivity index (χ1n) is 6.64. The number of hydrogen-bond donors (Lipinski definition) is 2. The van der Waals surface area contributed by atoms with Crippen LogP contribution in [0.5, 0.6) is 0 Å². The average Bonchev–Trinajstić information content (AvgIpc) is 2.31. The van der Waals surface area contributed by atoms with Gasteiger partial charge in [-0.1, -0.05) is 38.1 Å². The monoisotopic (exact) mass is 248 g/mol. The fourth-order valence-electron chi connectivity index (χ4n) is 1.79. The van der Waals surface area contributed by atoms with Crippen molar-refractivity contribution in [3.05, 3.63) is 35.4 Å². The highest BCUT2D eigenvalue weighted by Crippen LogP contribution is 2.06. The highest BCUT2D eigenvalue weighted by molar-refractivity contribution is 5.76. The molecule has 3 heteroatoms. The van der Waals surface area contributed by atoms with Crippen LogP contribution in [0.2, 0.25) is 0 Å². The van der Waals surface area contributed by atoms with Gasteiger partial charge in [0.15, 0.2) is 0 Å². The molecule has 0 aliphatic carbocycles. The maximum atomic E-state index is 11.5. The summed E-state index contributed by atoms with van der Waals surface area (Å²) in [5.41, 5.74) is 2.59. The molecule has 0 aliphatic heterocycles. The summed E-state index contributed by atoms with van der Waals surface area (Å²) in [4.78, 5) is 11.5. The van der Waals surface area contributed by atoms with Crippen LogP contribution in [-0.2, 0) is 11.2 Å². The molecule has 1 amide bonds. The number of amides is 1. The second kappa shape index (κ2) is 7.88. The van der Waals surface area contributed by atoms with Crippen LogP contribution in [0.1, 0.15) is 31.4 Å². The van der Waals surface area contributed by atoms with Gasteiger partial charge in [0.05, 0.1) is 0 Å². The number of benzene rings is 1. The van der Waals surface area contributed by atoms with Crippen molar-refractivity contribution in [2.24, 2.45) is 0 Å². The van der Waals surface area contributed by atoms with Gasteiger partial charge in [-0.25, -0.2) is 0 Å². The van der Waals surface area contributed by atoms with Crippen LogP contribution in [0, 0.1) is 6.92 Å². The van der Waals surface area contributed by atoms with Crippen LogP contribution < -0.4 is 10.6 Å². The fraction of sp³-hybridized carbons (Fsp3) is 0.533. The van der Waals surface area contributed by atoms with Gasteiger partial charge in [0, 0.05) is 25.6 Å². The van der Waals surface area contributed by atoms with Crippen molar-refractivity contribution in [2.45, 2.75) is 39.7 Å². The number of hydrogen-bond acceptors (Lipinski definition) is 2. The minimum atomic E-state index is 0.122. The van der Waals surface area contributed by atoms with Crippen LogP contribution in [0.3, 0.4) is 0 Å². The van der Waals surface area contributed by atoms with E-state index in [0.29, 0.717) is 19.0 Å². The molecule has 0 aliphatic rings. The Balaban J connectivity index is 2.18. The lowest BCUT2D eigenvalue weighted by Gasteiger charge is -2.09. The zero-order valence-electron chi connectivity index (χ0n) is 11.6. The van der Waals surface area contributed by atoms with Crippen molar-refractivity contribution >= 4 is 5.91 Å². The minimum absolute atomic E-state index is 0.122. The summed E-state index contributed by atoms with van der Waals surface area (Å²) in [5.74, 6) is 0.122. The summed E-state index contributed by atoms with van der Waals surface area (Å²) in [5, 5.41) is 6.19. The third-order valence-electron chi connectivity index (χ3n) is 2.88. The molecule has 100 valence electrons. The highest BCUT2D eigenvalue weighted by atomic mass is 16.1. The van der Waals surface area contributed by atoms with Crippen LogP contribution >= 0.6 is 0 Å². The SMILES string of the molecule is Cc1ccccc1CCNC(=O)CCNC(C)C. The molecule has 0 saturated carbocycles. The molecule has 3 nitrogen and oxygen atoms in total. The summed E-state index contributed by atoms with van der Waals surface area (Å²) >= 11 is 0. The molecular weight excluding hydrogens is 224 g/mol. The zero-order chi connectivity index (χ0) is 13.4. The van der Waals surface area contributed by atoms with E-state index in [-0.39, 0.29) is 5.91 Å². The van der Waals surface area contributed by atoms with Crippen LogP contribution in [0.25, 0.3) is 0 Å². The number of aryl methyl sites for hydroxylation is 1. The Bertz CT molecular complexity index is 375. The molecule has 18 heavy (non-hydrogen) atoms. The van der Waals surface area contributed by atoms with E-state index in [0.717, 1.165) is 13.0 Å². The summed E-state index contributed by atoms with van der Waals surface area (Å²) in [7, 11) is 0. The van der Waals surface area contributed by atoms with E-state index in [4.69, 9.17) is 0 Å². The quantitative estimate of drug-likeness (QED) is 0.775. The van der Waals surface area contributed by atoms with Crippen molar-refractivity contribution in [1.29, 1.82) is 0 Å². The van der Waals surface area contributed by atoms with Crippen LogP contribution in [0.4, 0.5) is 0 Å². The molecule has 0 saturated heterocycles. The lowest BCUT2D eigenvalue weighted by atomic mass is 10.1. The fourth-order valence-corrected chi connectivity index (χ4v) is 1.79. The Morgan fingerprint density at radius 1 is 1.22 bits per heavy atom. The Kier molecular flexibility index (Phi) is 6.44. The minimum Gasteiger partial charge on any atom is -0.356 e. The maximum Gasteiger partial charge on any atom is 0.221 e. The first-order chi connectivity index (χ1) is 8.59. The van der Waals surface area contributed by atoms with Gasteiger partial charge in [-0.05, 0) is 24.5 Å². The molecule has 0 radical (unpaired) electrons. The van der Waals surface area contributed by atoms with Gasteiger partial charge >= 0.3 is 0 Å². The Labute approximate surface area is 110 Å². The predicted molar refractivity (Wildman–Crippen MR) is 75.6 cm³/mol. The molecule has 1 rings (SSSR count). The molecular formula is C15H24N2O. The van der Waals surface area contributed by atoms with E-state index in [1.807, 2.05) is 12.1 Å². The van der Waals surface area contributed by atoms with Crippen LogP contribution in [-0.4, -0.2) is 25.0 Å². The van der Waals surface area contributed by atoms with Crippen molar-refractivity contribution in [2.75, 3.05) is 13.1 Å². The van der Waals surface area contributed by atoms with Gasteiger partial charge < -0.3 is 10.6 Å². The first-order valence-corrected chi connectivity index (χ1v) is 6.64. The van der Waals surface area contributed by atoms with Gasteiger partial charge in [0.25, 0.3) is 0 Å². The number of rotatable bonds is 7. The summed E-state index contributed by atoms with van der Waals surface area (Å²) < 4.78 is 0. The van der Waals surface area contributed by atoms with Gasteiger partial charge in [-0.3, -0.25) is 4.79 Å². The largest absolute Gasteiger partial charge is 0.356 e. The van der Waals surface area contributed by atoms with Gasteiger partial charge in [0.1, 0.15) is 0 Å². The number of carbonyl (C=O) groups excluding carboxylic acids is 1. The Hall–Kier alpha value is -1.35. The molecule has 0 spiro atoms. The third kappa shape index (κ3) is 5.82. The van der Waals surface area contributed by atoms with E-state index < -0.39 is 0 Å². The van der Waals surface area contributed by atoms with Crippen molar-refractivity contribution < 1.29 is 4.79 Å². The lowest BCUT2D eigenvalue weighted by molar-refractivity contribution is -0.120. The zero-order valence-corrected chi connectivity index (χ0v) is 11.6. The highest BCUT2D eigenvalue weighted by Gasteiger charge is 2.02. The van der Waals surface area contributed by atoms with E-state index >= 15 is 0 Å². The second-order valence-corrected chi connectivity index (χ2v) is 4.89. The van der Waals surface area contributed by atoms with E-state index in [1.165, 1.54) is 11.1 Å². The van der Waals surface area contributed by atoms with Gasteiger partial charge in [-0.2, -0.15) is 0 Å². The summed E-state index contributed by atoms with van der Waals surface area (Å²) in [6.45, 7) is 7.72. The number of nitrogens with one attached hydrogen (secondary N) is 2. The van der Waals surface area contributed by atoms with Crippen molar-refractivity contribution in [3.8, 4) is 0 Å². The molecule has 0 unspecified atom stereocenters.